The van der Waals surface area contributed by atoms with Gasteiger partial charge in [0.05, 0.1) is 16.1 Å². The SMILES string of the molecule is OCCC1COc2cc3ncnc(Nc4ccc(C(F)(F)F)c(Cl)c4)c3cc2O1. The van der Waals surface area contributed by atoms with E-state index in [2.05, 4.69) is 15.3 Å². The fourth-order valence-electron chi connectivity index (χ4n) is 3.01. The van der Waals surface area contributed by atoms with Gasteiger partial charge in [0.25, 0.3) is 0 Å². The highest BCUT2D eigenvalue weighted by Gasteiger charge is 2.33. The van der Waals surface area contributed by atoms with Crippen LogP contribution in [0.25, 0.3) is 10.9 Å². The van der Waals surface area contributed by atoms with Crippen LogP contribution in [0.1, 0.15) is 12.0 Å². The van der Waals surface area contributed by atoms with Crippen molar-refractivity contribution in [2.24, 2.45) is 0 Å². The summed E-state index contributed by atoms with van der Waals surface area (Å²) in [4.78, 5) is 8.39. The predicted molar refractivity (Wildman–Crippen MR) is 101 cm³/mol. The summed E-state index contributed by atoms with van der Waals surface area (Å²) in [6.45, 7) is 0.293. The van der Waals surface area contributed by atoms with Crippen molar-refractivity contribution in [1.82, 2.24) is 9.97 Å². The molecule has 10 heteroatoms. The summed E-state index contributed by atoms with van der Waals surface area (Å²) in [5, 5.41) is 12.2. The number of benzene rings is 2. The van der Waals surface area contributed by atoms with Crippen molar-refractivity contribution in [3.8, 4) is 11.5 Å². The average molecular weight is 426 g/mol. The highest BCUT2D eigenvalue weighted by molar-refractivity contribution is 6.31. The number of halogens is 4. The minimum atomic E-state index is -4.53. The molecule has 1 atom stereocenters. The number of aliphatic hydroxyl groups is 1. The molecule has 0 saturated carbocycles. The second kappa shape index (κ2) is 7.57. The van der Waals surface area contributed by atoms with E-state index in [1.807, 2.05) is 0 Å². The Bertz CT molecular complexity index is 1060. The maximum Gasteiger partial charge on any atom is 0.417 e. The highest BCUT2D eigenvalue weighted by Crippen LogP contribution is 2.39. The molecule has 0 amide bonds. The molecular formula is C19H15ClF3N3O3. The van der Waals surface area contributed by atoms with Gasteiger partial charge in [-0.05, 0) is 24.3 Å². The number of hydrogen-bond acceptors (Lipinski definition) is 6. The van der Waals surface area contributed by atoms with Gasteiger partial charge in [0.1, 0.15) is 24.9 Å². The van der Waals surface area contributed by atoms with Crippen LogP contribution >= 0.6 is 11.6 Å². The standard InChI is InChI=1S/C19H15ClF3N3O3/c20-14-5-10(1-2-13(14)19(21,22)23)26-18-12-6-17-16(7-15(12)24-9-25-18)28-8-11(29-17)3-4-27/h1-2,5-7,9,11,27H,3-4,8H2,(H,24,25,26). The predicted octanol–water partition coefficient (Wildman–Crippen LogP) is 4.57. The van der Waals surface area contributed by atoms with Crippen LogP contribution in [0.4, 0.5) is 24.7 Å². The lowest BCUT2D eigenvalue weighted by molar-refractivity contribution is -0.137. The number of hydrogen-bond donors (Lipinski definition) is 2. The van der Waals surface area contributed by atoms with E-state index in [0.29, 0.717) is 46.9 Å². The Hall–Kier alpha value is -2.78. The highest BCUT2D eigenvalue weighted by atomic mass is 35.5. The molecule has 1 aliphatic heterocycles. The van der Waals surface area contributed by atoms with E-state index < -0.39 is 16.8 Å². The van der Waals surface area contributed by atoms with Gasteiger partial charge < -0.3 is 19.9 Å². The number of nitrogens with one attached hydrogen (secondary N) is 1. The Kier molecular flexibility index (Phi) is 5.10. The van der Waals surface area contributed by atoms with E-state index in [9.17, 15) is 13.2 Å². The Morgan fingerprint density at radius 1 is 1.17 bits per heavy atom. The van der Waals surface area contributed by atoms with Crippen LogP contribution in [0.3, 0.4) is 0 Å². The van der Waals surface area contributed by atoms with Crippen LogP contribution in [-0.4, -0.2) is 34.4 Å². The summed E-state index contributed by atoms with van der Waals surface area (Å²) in [5.41, 5.74) is 0.00585. The smallest absolute Gasteiger partial charge is 0.417 e. The van der Waals surface area contributed by atoms with Gasteiger partial charge in [-0.2, -0.15) is 13.2 Å². The molecule has 3 aromatic rings. The number of fused-ring (bicyclic) bond motifs is 2. The molecule has 1 aromatic heterocycles. The van der Waals surface area contributed by atoms with Crippen LogP contribution in [0, 0.1) is 0 Å². The van der Waals surface area contributed by atoms with E-state index in [1.54, 1.807) is 12.1 Å². The van der Waals surface area contributed by atoms with Gasteiger partial charge in [-0.1, -0.05) is 11.6 Å². The Labute approximate surface area is 168 Å². The normalized spacial score (nSPS) is 16.1. The van der Waals surface area contributed by atoms with Crippen LogP contribution < -0.4 is 14.8 Å². The van der Waals surface area contributed by atoms with Crippen LogP contribution in [0.15, 0.2) is 36.7 Å². The van der Waals surface area contributed by atoms with Crippen molar-refractivity contribution < 1.29 is 27.8 Å². The van der Waals surface area contributed by atoms with E-state index in [4.69, 9.17) is 26.2 Å². The van der Waals surface area contributed by atoms with Crippen molar-refractivity contribution in [3.63, 3.8) is 0 Å². The molecule has 0 aliphatic carbocycles. The summed E-state index contributed by atoms with van der Waals surface area (Å²) in [6, 6.07) is 6.77. The molecule has 2 heterocycles. The van der Waals surface area contributed by atoms with Crippen molar-refractivity contribution >= 4 is 34.0 Å². The van der Waals surface area contributed by atoms with Crippen LogP contribution in [0.5, 0.6) is 11.5 Å². The van der Waals surface area contributed by atoms with Gasteiger partial charge in [-0.25, -0.2) is 9.97 Å². The van der Waals surface area contributed by atoms with E-state index >= 15 is 0 Å². The minimum Gasteiger partial charge on any atom is -0.486 e. The molecule has 0 fully saturated rings. The number of aromatic nitrogens is 2. The zero-order valence-corrected chi connectivity index (χ0v) is 15.6. The monoisotopic (exact) mass is 425 g/mol. The van der Waals surface area contributed by atoms with Crippen molar-refractivity contribution in [2.45, 2.75) is 18.7 Å². The fourth-order valence-corrected chi connectivity index (χ4v) is 3.30. The van der Waals surface area contributed by atoms with Gasteiger partial charge in [0.15, 0.2) is 11.5 Å². The second-order valence-corrected chi connectivity index (χ2v) is 6.83. The topological polar surface area (TPSA) is 76.5 Å². The van der Waals surface area contributed by atoms with Crippen LogP contribution in [0.2, 0.25) is 5.02 Å². The molecule has 0 radical (unpaired) electrons. The number of aliphatic hydroxyl groups excluding tert-OH is 1. The largest absolute Gasteiger partial charge is 0.486 e. The first kappa shape index (κ1) is 19.5. The van der Waals surface area contributed by atoms with Gasteiger partial charge in [-0.3, -0.25) is 0 Å². The number of rotatable bonds is 4. The molecular weight excluding hydrogens is 411 g/mol. The molecule has 152 valence electrons. The Morgan fingerprint density at radius 2 is 2.00 bits per heavy atom. The van der Waals surface area contributed by atoms with Crippen LogP contribution in [-0.2, 0) is 6.18 Å². The lowest BCUT2D eigenvalue weighted by atomic mass is 10.1. The summed E-state index contributed by atoms with van der Waals surface area (Å²) in [6.07, 6.45) is -3.04. The maximum atomic E-state index is 12.9. The summed E-state index contributed by atoms with van der Waals surface area (Å²) >= 11 is 5.79. The van der Waals surface area contributed by atoms with E-state index in [1.165, 1.54) is 18.5 Å². The quantitative estimate of drug-likeness (QED) is 0.637. The van der Waals surface area contributed by atoms with Gasteiger partial charge in [-0.15, -0.1) is 0 Å². The lowest BCUT2D eigenvalue weighted by Crippen LogP contribution is -2.29. The first-order chi connectivity index (χ1) is 13.8. The molecule has 1 aliphatic rings. The molecule has 0 saturated heterocycles. The summed E-state index contributed by atoms with van der Waals surface area (Å²) < 4.78 is 50.2. The first-order valence-electron chi connectivity index (χ1n) is 8.68. The molecule has 0 bridgehead atoms. The molecule has 4 rings (SSSR count). The number of alkyl halides is 3. The van der Waals surface area contributed by atoms with E-state index in [0.717, 1.165) is 6.07 Å². The van der Waals surface area contributed by atoms with Gasteiger partial charge >= 0.3 is 6.18 Å². The molecule has 2 aromatic carbocycles. The number of nitrogens with zero attached hydrogens (tertiary/aromatic N) is 2. The Morgan fingerprint density at radius 3 is 2.72 bits per heavy atom. The number of anilines is 2. The number of ether oxygens (including phenoxy) is 2. The third-order valence-corrected chi connectivity index (χ3v) is 4.72. The summed E-state index contributed by atoms with van der Waals surface area (Å²) in [5.74, 6) is 1.38. The average Bonchev–Trinajstić information content (AvgIpc) is 2.66. The van der Waals surface area contributed by atoms with Crippen molar-refractivity contribution in [3.05, 3.63) is 47.2 Å². The fraction of sp³-hybridized carbons (Fsp3) is 0.263. The summed E-state index contributed by atoms with van der Waals surface area (Å²) in [7, 11) is 0. The third kappa shape index (κ3) is 4.01. The minimum absolute atomic E-state index is 0.0263. The van der Waals surface area contributed by atoms with Crippen molar-refractivity contribution in [1.29, 1.82) is 0 Å². The Balaban J connectivity index is 1.68. The zero-order chi connectivity index (χ0) is 20.6. The van der Waals surface area contributed by atoms with Gasteiger partial charge in [0.2, 0.25) is 0 Å². The maximum absolute atomic E-state index is 12.9. The first-order valence-corrected chi connectivity index (χ1v) is 9.06. The van der Waals surface area contributed by atoms with Gasteiger partial charge in [0, 0.05) is 30.2 Å². The molecule has 29 heavy (non-hydrogen) atoms. The van der Waals surface area contributed by atoms with Crippen molar-refractivity contribution in [2.75, 3.05) is 18.5 Å². The zero-order valence-electron chi connectivity index (χ0n) is 14.8. The second-order valence-electron chi connectivity index (χ2n) is 6.42. The third-order valence-electron chi connectivity index (χ3n) is 4.41. The molecule has 0 spiro atoms. The molecule has 6 nitrogen and oxygen atoms in total. The molecule has 1 unspecified atom stereocenters. The lowest BCUT2D eigenvalue weighted by Gasteiger charge is -2.26. The van der Waals surface area contributed by atoms with E-state index in [-0.39, 0.29) is 12.7 Å². The molecule has 2 N–H and O–H groups in total.